The lowest BCUT2D eigenvalue weighted by atomic mass is 9.70. The van der Waals surface area contributed by atoms with Gasteiger partial charge in [0.25, 0.3) is 5.56 Å². The predicted octanol–water partition coefficient (Wildman–Crippen LogP) is 2.20. The van der Waals surface area contributed by atoms with Gasteiger partial charge in [-0.15, -0.1) is 0 Å². The third kappa shape index (κ3) is 2.75. The van der Waals surface area contributed by atoms with E-state index in [1.54, 1.807) is 0 Å². The van der Waals surface area contributed by atoms with Crippen LogP contribution in [0.15, 0.2) is 16.0 Å². The molecule has 1 aromatic rings. The average molecular weight is 337 g/mol. The van der Waals surface area contributed by atoms with Crippen LogP contribution in [0.4, 0.5) is 5.82 Å². The van der Waals surface area contributed by atoms with Crippen molar-refractivity contribution < 1.29 is 9.53 Å². The molecule has 126 valence electrons. The lowest BCUT2D eigenvalue weighted by molar-refractivity contribution is -0.153. The zero-order valence-corrected chi connectivity index (χ0v) is 14.5. The minimum atomic E-state index is -0.323. The zero-order chi connectivity index (χ0) is 16.8. The number of hydrogen-bond donors (Lipinski definition) is 2. The minimum absolute atomic E-state index is 0.0165. The SMILES string of the molecule is CC1(C)[C@@H]2CC[C@]1(C)[C@H](OC(=O)CSc1nc(N)cc(=O)[nH]1)C2. The normalized spacial score (nSPS) is 31.3. The van der Waals surface area contributed by atoms with E-state index in [1.165, 1.54) is 12.5 Å². The smallest absolute Gasteiger partial charge is 0.316 e. The Hall–Kier alpha value is -1.50. The summed E-state index contributed by atoms with van der Waals surface area (Å²) in [5.41, 5.74) is 5.47. The quantitative estimate of drug-likeness (QED) is 0.496. The van der Waals surface area contributed by atoms with E-state index < -0.39 is 0 Å². The second-order valence-corrected chi connectivity index (χ2v) is 8.32. The molecule has 2 bridgehead atoms. The maximum absolute atomic E-state index is 12.2. The van der Waals surface area contributed by atoms with E-state index in [2.05, 4.69) is 30.7 Å². The molecule has 0 unspecified atom stereocenters. The Kier molecular flexibility index (Phi) is 3.94. The van der Waals surface area contributed by atoms with E-state index >= 15 is 0 Å². The van der Waals surface area contributed by atoms with E-state index in [4.69, 9.17) is 10.5 Å². The lowest BCUT2D eigenvalue weighted by Gasteiger charge is -2.38. The first kappa shape index (κ1) is 16.4. The molecule has 1 heterocycles. The number of ether oxygens (including phenoxy) is 1. The molecule has 0 radical (unpaired) electrons. The highest BCUT2D eigenvalue weighted by Gasteiger charge is 2.62. The Bertz CT molecular complexity index is 687. The number of esters is 1. The largest absolute Gasteiger partial charge is 0.461 e. The van der Waals surface area contributed by atoms with Crippen LogP contribution in [0.2, 0.25) is 0 Å². The van der Waals surface area contributed by atoms with Gasteiger partial charge in [0.15, 0.2) is 5.16 Å². The van der Waals surface area contributed by atoms with Crippen LogP contribution in [-0.2, 0) is 9.53 Å². The van der Waals surface area contributed by atoms with Crippen LogP contribution < -0.4 is 11.3 Å². The molecular weight excluding hydrogens is 314 g/mol. The fourth-order valence-corrected chi connectivity index (χ4v) is 4.82. The van der Waals surface area contributed by atoms with E-state index in [1.807, 2.05) is 0 Å². The number of aromatic amines is 1. The number of carbonyl (C=O) groups is 1. The van der Waals surface area contributed by atoms with Crippen LogP contribution >= 0.6 is 11.8 Å². The monoisotopic (exact) mass is 337 g/mol. The molecule has 0 amide bonds. The van der Waals surface area contributed by atoms with Gasteiger partial charge in [0.2, 0.25) is 0 Å². The first-order valence-corrected chi connectivity index (χ1v) is 8.90. The molecule has 0 aliphatic heterocycles. The third-order valence-corrected chi connectivity index (χ3v) is 6.90. The molecule has 3 N–H and O–H groups in total. The molecule has 3 atom stereocenters. The second kappa shape index (κ2) is 5.54. The Labute approximate surface area is 139 Å². The number of thioether (sulfide) groups is 1. The van der Waals surface area contributed by atoms with Crippen LogP contribution in [0.3, 0.4) is 0 Å². The maximum Gasteiger partial charge on any atom is 0.316 e. The summed E-state index contributed by atoms with van der Waals surface area (Å²) in [6, 6.07) is 1.21. The lowest BCUT2D eigenvalue weighted by Crippen LogP contribution is -2.38. The standard InChI is InChI=1S/C16H23N3O3S/c1-15(2)9-4-5-16(15,3)10(6-9)22-13(21)8-23-14-18-11(17)7-12(20)19-14/h7,9-10H,4-6,8H2,1-3H3,(H3,17,18,19,20)/t9-,10-,16-/m1/s1. The summed E-state index contributed by atoms with van der Waals surface area (Å²) < 4.78 is 5.76. The van der Waals surface area contributed by atoms with Crippen molar-refractivity contribution in [2.45, 2.75) is 51.3 Å². The minimum Gasteiger partial charge on any atom is -0.461 e. The highest BCUT2D eigenvalue weighted by atomic mass is 32.2. The molecule has 23 heavy (non-hydrogen) atoms. The van der Waals surface area contributed by atoms with Gasteiger partial charge >= 0.3 is 5.97 Å². The van der Waals surface area contributed by atoms with E-state index in [-0.39, 0.29) is 40.0 Å². The van der Waals surface area contributed by atoms with Crippen LogP contribution in [0.25, 0.3) is 0 Å². The number of carbonyl (C=O) groups excluding carboxylic acids is 1. The number of nitrogens with one attached hydrogen (secondary N) is 1. The van der Waals surface area contributed by atoms with Crippen LogP contribution in [-0.4, -0.2) is 27.8 Å². The second-order valence-electron chi connectivity index (χ2n) is 7.35. The molecule has 1 aromatic heterocycles. The molecule has 2 saturated carbocycles. The summed E-state index contributed by atoms with van der Waals surface area (Å²) in [6.07, 6.45) is 3.27. The van der Waals surface area contributed by atoms with E-state index in [9.17, 15) is 9.59 Å². The summed E-state index contributed by atoms with van der Waals surface area (Å²) >= 11 is 1.14. The van der Waals surface area contributed by atoms with Gasteiger partial charge in [-0.05, 0) is 30.6 Å². The summed E-state index contributed by atoms with van der Waals surface area (Å²) in [5.74, 6) is 0.621. The first-order chi connectivity index (χ1) is 10.7. The highest BCUT2D eigenvalue weighted by Crippen LogP contribution is 2.66. The molecule has 3 rings (SSSR count). The maximum atomic E-state index is 12.2. The van der Waals surface area contributed by atoms with Crippen molar-refractivity contribution in [1.82, 2.24) is 9.97 Å². The van der Waals surface area contributed by atoms with E-state index in [0.29, 0.717) is 11.1 Å². The molecule has 0 aromatic carbocycles. The van der Waals surface area contributed by atoms with Gasteiger partial charge in [0.05, 0.1) is 5.75 Å². The van der Waals surface area contributed by atoms with Crippen molar-refractivity contribution in [3.8, 4) is 0 Å². The Balaban J connectivity index is 1.59. The van der Waals surface area contributed by atoms with Crippen molar-refractivity contribution in [2.75, 3.05) is 11.5 Å². The molecule has 2 fully saturated rings. The number of anilines is 1. The van der Waals surface area contributed by atoms with Crippen LogP contribution in [0, 0.1) is 16.7 Å². The van der Waals surface area contributed by atoms with Crippen molar-refractivity contribution in [3.05, 3.63) is 16.4 Å². The topological polar surface area (TPSA) is 98.1 Å². The van der Waals surface area contributed by atoms with Gasteiger partial charge in [-0.2, -0.15) is 0 Å². The van der Waals surface area contributed by atoms with Gasteiger partial charge in [0.1, 0.15) is 11.9 Å². The van der Waals surface area contributed by atoms with Gasteiger partial charge in [-0.25, -0.2) is 4.98 Å². The number of nitrogens with two attached hydrogens (primary N) is 1. The summed E-state index contributed by atoms with van der Waals surface area (Å²) in [4.78, 5) is 30.1. The van der Waals surface area contributed by atoms with Crippen molar-refractivity contribution in [2.24, 2.45) is 16.7 Å². The van der Waals surface area contributed by atoms with Gasteiger partial charge in [-0.1, -0.05) is 32.5 Å². The molecule has 7 heteroatoms. The number of nitrogens with zero attached hydrogens (tertiary/aromatic N) is 1. The Morgan fingerprint density at radius 2 is 2.26 bits per heavy atom. The molecule has 2 aliphatic carbocycles. The molecular formula is C16H23N3O3S. The van der Waals surface area contributed by atoms with Crippen molar-refractivity contribution >= 4 is 23.5 Å². The average Bonchev–Trinajstić information content (AvgIpc) is 2.77. The number of rotatable bonds is 4. The zero-order valence-electron chi connectivity index (χ0n) is 13.7. The summed E-state index contributed by atoms with van der Waals surface area (Å²) in [6.45, 7) is 6.81. The van der Waals surface area contributed by atoms with Gasteiger partial charge < -0.3 is 15.5 Å². The third-order valence-electron chi connectivity index (χ3n) is 6.05. The van der Waals surface area contributed by atoms with Crippen molar-refractivity contribution in [3.63, 3.8) is 0 Å². The number of hydrogen-bond acceptors (Lipinski definition) is 6. The Morgan fingerprint density at radius 3 is 2.83 bits per heavy atom. The molecule has 0 saturated heterocycles. The molecule has 0 spiro atoms. The summed E-state index contributed by atoms with van der Waals surface area (Å²) in [7, 11) is 0. The van der Waals surface area contributed by atoms with E-state index in [0.717, 1.165) is 24.6 Å². The number of nitrogen functional groups attached to an aromatic ring is 1. The highest BCUT2D eigenvalue weighted by molar-refractivity contribution is 7.99. The number of fused-ring (bicyclic) bond motifs is 2. The number of aromatic nitrogens is 2. The molecule has 2 aliphatic rings. The van der Waals surface area contributed by atoms with Gasteiger partial charge in [-0.3, -0.25) is 9.59 Å². The fraction of sp³-hybridized carbons (Fsp3) is 0.688. The van der Waals surface area contributed by atoms with Crippen LogP contribution in [0.5, 0.6) is 0 Å². The van der Waals surface area contributed by atoms with Gasteiger partial charge in [0, 0.05) is 11.5 Å². The first-order valence-electron chi connectivity index (χ1n) is 7.91. The Morgan fingerprint density at radius 1 is 1.52 bits per heavy atom. The summed E-state index contributed by atoms with van der Waals surface area (Å²) in [5, 5.41) is 0.339. The predicted molar refractivity (Wildman–Crippen MR) is 89.1 cm³/mol. The van der Waals surface area contributed by atoms with Crippen LogP contribution in [0.1, 0.15) is 40.0 Å². The van der Waals surface area contributed by atoms with Crippen molar-refractivity contribution in [1.29, 1.82) is 0 Å². The number of H-pyrrole nitrogens is 1. The molecule has 6 nitrogen and oxygen atoms in total. The fourth-order valence-electron chi connectivity index (χ4n) is 4.15.